The van der Waals surface area contributed by atoms with Gasteiger partial charge in [0.2, 0.25) is 0 Å². The smallest absolute Gasteiger partial charge is 0.0914 e. The maximum absolute atomic E-state index is 10.1. The number of aryl methyl sites for hydroxylation is 1. The lowest BCUT2D eigenvalue weighted by Gasteiger charge is -2.15. The van der Waals surface area contributed by atoms with E-state index in [1.807, 2.05) is 12.1 Å². The zero-order valence-electron chi connectivity index (χ0n) is 12.6. The Morgan fingerprint density at radius 1 is 1.15 bits per heavy atom. The molecule has 1 aromatic rings. The number of hydrogen-bond acceptors (Lipinski definition) is 3. The van der Waals surface area contributed by atoms with E-state index in [0.717, 1.165) is 12.1 Å². The SMILES string of the molecule is Cc1ccc(C(O)CNCCCCN2CCCC2)cc1. The van der Waals surface area contributed by atoms with Gasteiger partial charge in [-0.1, -0.05) is 29.8 Å². The minimum Gasteiger partial charge on any atom is -0.387 e. The van der Waals surface area contributed by atoms with E-state index in [4.69, 9.17) is 0 Å². The Kier molecular flexibility index (Phi) is 6.51. The van der Waals surface area contributed by atoms with Crippen LogP contribution in [0.3, 0.4) is 0 Å². The summed E-state index contributed by atoms with van der Waals surface area (Å²) < 4.78 is 0. The molecule has 1 atom stereocenters. The van der Waals surface area contributed by atoms with E-state index in [1.165, 1.54) is 50.9 Å². The second-order valence-electron chi connectivity index (χ2n) is 5.89. The highest BCUT2D eigenvalue weighted by atomic mass is 16.3. The van der Waals surface area contributed by atoms with Gasteiger partial charge in [-0.15, -0.1) is 0 Å². The number of hydrogen-bond donors (Lipinski definition) is 2. The van der Waals surface area contributed by atoms with Gasteiger partial charge in [-0.25, -0.2) is 0 Å². The van der Waals surface area contributed by atoms with Gasteiger partial charge in [-0.3, -0.25) is 0 Å². The number of likely N-dealkylation sites (tertiary alicyclic amines) is 1. The lowest BCUT2D eigenvalue weighted by Crippen LogP contribution is -2.24. The second-order valence-corrected chi connectivity index (χ2v) is 5.89. The number of nitrogens with zero attached hydrogens (tertiary/aromatic N) is 1. The summed E-state index contributed by atoms with van der Waals surface area (Å²) in [6.07, 6.45) is 4.81. The third kappa shape index (κ3) is 5.23. The minimum atomic E-state index is -0.394. The van der Waals surface area contributed by atoms with E-state index in [9.17, 15) is 5.11 Å². The van der Waals surface area contributed by atoms with Crippen molar-refractivity contribution in [3.8, 4) is 0 Å². The van der Waals surface area contributed by atoms with Gasteiger partial charge < -0.3 is 15.3 Å². The van der Waals surface area contributed by atoms with Gasteiger partial charge in [-0.05, 0) is 64.3 Å². The van der Waals surface area contributed by atoms with Gasteiger partial charge in [0.15, 0.2) is 0 Å². The zero-order chi connectivity index (χ0) is 14.2. The first kappa shape index (κ1) is 15.5. The first-order valence-electron chi connectivity index (χ1n) is 7.93. The molecule has 2 N–H and O–H groups in total. The van der Waals surface area contributed by atoms with E-state index < -0.39 is 6.10 Å². The van der Waals surface area contributed by atoms with Gasteiger partial charge >= 0.3 is 0 Å². The van der Waals surface area contributed by atoms with E-state index in [1.54, 1.807) is 0 Å². The van der Waals surface area contributed by atoms with Crippen molar-refractivity contribution in [2.75, 3.05) is 32.7 Å². The first-order valence-corrected chi connectivity index (χ1v) is 7.93. The van der Waals surface area contributed by atoms with Crippen molar-refractivity contribution < 1.29 is 5.11 Å². The molecule has 20 heavy (non-hydrogen) atoms. The number of benzene rings is 1. The normalized spacial score (nSPS) is 17.5. The molecule has 2 rings (SSSR count). The number of rotatable bonds is 8. The van der Waals surface area contributed by atoms with E-state index in [2.05, 4.69) is 29.3 Å². The van der Waals surface area contributed by atoms with Crippen LogP contribution in [0.1, 0.15) is 42.9 Å². The monoisotopic (exact) mass is 276 g/mol. The van der Waals surface area contributed by atoms with Crippen molar-refractivity contribution in [3.05, 3.63) is 35.4 Å². The number of nitrogens with one attached hydrogen (secondary N) is 1. The number of aliphatic hydroxyl groups excluding tert-OH is 1. The molecule has 0 aliphatic carbocycles. The highest BCUT2D eigenvalue weighted by Crippen LogP contribution is 2.12. The van der Waals surface area contributed by atoms with Crippen molar-refractivity contribution >= 4 is 0 Å². The fourth-order valence-corrected chi connectivity index (χ4v) is 2.74. The maximum atomic E-state index is 10.1. The van der Waals surface area contributed by atoms with Crippen LogP contribution in [0, 0.1) is 6.92 Å². The van der Waals surface area contributed by atoms with E-state index in [-0.39, 0.29) is 0 Å². The van der Waals surface area contributed by atoms with E-state index >= 15 is 0 Å². The Labute approximate surface area is 123 Å². The molecular weight excluding hydrogens is 248 g/mol. The topological polar surface area (TPSA) is 35.5 Å². The summed E-state index contributed by atoms with van der Waals surface area (Å²) in [5, 5.41) is 13.4. The van der Waals surface area contributed by atoms with Gasteiger partial charge in [-0.2, -0.15) is 0 Å². The molecule has 1 aromatic carbocycles. The summed E-state index contributed by atoms with van der Waals surface area (Å²) in [6.45, 7) is 7.53. The van der Waals surface area contributed by atoms with Crippen LogP contribution >= 0.6 is 0 Å². The molecule has 1 aliphatic rings. The number of unbranched alkanes of at least 4 members (excludes halogenated alkanes) is 1. The summed E-state index contributed by atoms with van der Waals surface area (Å²) in [4.78, 5) is 2.56. The summed E-state index contributed by atoms with van der Waals surface area (Å²) in [5.41, 5.74) is 2.23. The Morgan fingerprint density at radius 3 is 2.55 bits per heavy atom. The van der Waals surface area contributed by atoms with Gasteiger partial charge in [0.1, 0.15) is 0 Å². The highest BCUT2D eigenvalue weighted by Gasteiger charge is 2.10. The molecule has 0 spiro atoms. The molecule has 1 saturated heterocycles. The first-order chi connectivity index (χ1) is 9.75. The average Bonchev–Trinajstić information content (AvgIpc) is 2.96. The Hall–Kier alpha value is -0.900. The minimum absolute atomic E-state index is 0.394. The summed E-state index contributed by atoms with van der Waals surface area (Å²) in [7, 11) is 0. The molecule has 0 amide bonds. The third-order valence-electron chi connectivity index (χ3n) is 4.08. The largest absolute Gasteiger partial charge is 0.387 e. The van der Waals surface area contributed by atoms with Gasteiger partial charge in [0, 0.05) is 6.54 Å². The Morgan fingerprint density at radius 2 is 1.85 bits per heavy atom. The van der Waals surface area contributed by atoms with Gasteiger partial charge in [0.25, 0.3) is 0 Å². The Bertz CT molecular complexity index is 371. The molecule has 0 bridgehead atoms. The van der Waals surface area contributed by atoms with Crippen LogP contribution in [0.15, 0.2) is 24.3 Å². The Balaban J connectivity index is 1.52. The molecule has 112 valence electrons. The van der Waals surface area contributed by atoms with Crippen LogP contribution in [0.2, 0.25) is 0 Å². The predicted octanol–water partition coefficient (Wildman–Crippen LogP) is 2.49. The number of aliphatic hydroxyl groups is 1. The predicted molar refractivity (Wildman–Crippen MR) is 83.9 cm³/mol. The van der Waals surface area contributed by atoms with Crippen LogP contribution in [-0.2, 0) is 0 Å². The fourth-order valence-electron chi connectivity index (χ4n) is 2.74. The second kappa shape index (κ2) is 8.40. The summed E-state index contributed by atoms with van der Waals surface area (Å²) >= 11 is 0. The van der Waals surface area contributed by atoms with Crippen molar-refractivity contribution in [1.29, 1.82) is 0 Å². The van der Waals surface area contributed by atoms with Crippen LogP contribution in [0.25, 0.3) is 0 Å². The van der Waals surface area contributed by atoms with Crippen LogP contribution in [0.5, 0.6) is 0 Å². The van der Waals surface area contributed by atoms with Gasteiger partial charge in [0.05, 0.1) is 6.10 Å². The lowest BCUT2D eigenvalue weighted by atomic mass is 10.1. The van der Waals surface area contributed by atoms with Crippen LogP contribution in [0.4, 0.5) is 0 Å². The molecule has 0 radical (unpaired) electrons. The third-order valence-corrected chi connectivity index (χ3v) is 4.08. The molecule has 3 heteroatoms. The van der Waals surface area contributed by atoms with Crippen molar-refractivity contribution in [2.24, 2.45) is 0 Å². The quantitative estimate of drug-likeness (QED) is 0.716. The van der Waals surface area contributed by atoms with Crippen molar-refractivity contribution in [3.63, 3.8) is 0 Å². The van der Waals surface area contributed by atoms with Crippen molar-refractivity contribution in [2.45, 2.75) is 38.7 Å². The molecular formula is C17H28N2O. The molecule has 1 unspecified atom stereocenters. The molecule has 1 heterocycles. The lowest BCUT2D eigenvalue weighted by molar-refractivity contribution is 0.174. The van der Waals surface area contributed by atoms with Crippen LogP contribution in [-0.4, -0.2) is 42.7 Å². The van der Waals surface area contributed by atoms with Crippen molar-refractivity contribution in [1.82, 2.24) is 10.2 Å². The molecule has 1 fully saturated rings. The average molecular weight is 276 g/mol. The standard InChI is InChI=1S/C17H28N2O/c1-15-6-8-16(9-7-15)17(20)14-18-10-2-3-11-19-12-4-5-13-19/h6-9,17-18,20H,2-5,10-14H2,1H3. The molecule has 0 saturated carbocycles. The molecule has 1 aliphatic heterocycles. The van der Waals surface area contributed by atoms with Crippen LogP contribution < -0.4 is 5.32 Å². The fraction of sp³-hybridized carbons (Fsp3) is 0.647. The van der Waals surface area contributed by atoms with E-state index in [0.29, 0.717) is 6.54 Å². The summed E-state index contributed by atoms with van der Waals surface area (Å²) in [5.74, 6) is 0. The molecule has 3 nitrogen and oxygen atoms in total. The maximum Gasteiger partial charge on any atom is 0.0914 e. The summed E-state index contributed by atoms with van der Waals surface area (Å²) in [6, 6.07) is 8.12. The molecule has 0 aromatic heterocycles. The highest BCUT2D eigenvalue weighted by molar-refractivity contribution is 5.23. The zero-order valence-corrected chi connectivity index (χ0v) is 12.6.